The molecule has 0 unspecified atom stereocenters. The SMILES string of the molecule is CC(C)(O)CN1CCN(C(=O)Cc2ccccc2Cl)CC1. The van der Waals surface area contributed by atoms with E-state index in [2.05, 4.69) is 4.90 Å². The van der Waals surface area contributed by atoms with E-state index in [0.29, 0.717) is 31.1 Å². The average molecular weight is 311 g/mol. The van der Waals surface area contributed by atoms with Gasteiger partial charge in [-0.15, -0.1) is 0 Å². The second-order valence-corrected chi connectivity index (χ2v) is 6.64. The average Bonchev–Trinajstić information content (AvgIpc) is 2.40. The molecule has 21 heavy (non-hydrogen) atoms. The third-order valence-corrected chi connectivity index (χ3v) is 4.00. The molecule has 0 radical (unpaired) electrons. The van der Waals surface area contributed by atoms with Gasteiger partial charge in [0.2, 0.25) is 5.91 Å². The predicted octanol–water partition coefficient (Wildman–Crippen LogP) is 1.80. The van der Waals surface area contributed by atoms with Gasteiger partial charge in [-0.1, -0.05) is 29.8 Å². The van der Waals surface area contributed by atoms with Gasteiger partial charge in [-0.2, -0.15) is 0 Å². The number of amides is 1. The van der Waals surface area contributed by atoms with Crippen LogP contribution in [0.3, 0.4) is 0 Å². The number of aliphatic hydroxyl groups is 1. The van der Waals surface area contributed by atoms with Crippen LogP contribution in [0.2, 0.25) is 5.02 Å². The van der Waals surface area contributed by atoms with Gasteiger partial charge in [-0.05, 0) is 25.5 Å². The fourth-order valence-electron chi connectivity index (χ4n) is 2.62. The molecule has 0 spiro atoms. The van der Waals surface area contributed by atoms with E-state index in [1.165, 1.54) is 0 Å². The fourth-order valence-corrected chi connectivity index (χ4v) is 2.82. The third kappa shape index (κ3) is 4.99. The number of β-amino-alcohol motifs (C(OH)–C–C–N with tert-alkyl or cyclic N) is 1. The maximum atomic E-state index is 12.3. The highest BCUT2D eigenvalue weighted by Gasteiger charge is 2.25. The lowest BCUT2D eigenvalue weighted by molar-refractivity contribution is -0.132. The Kier molecular flexibility index (Phi) is 5.25. The minimum atomic E-state index is -0.691. The molecular weight excluding hydrogens is 288 g/mol. The first-order valence-corrected chi connectivity index (χ1v) is 7.69. The van der Waals surface area contributed by atoms with Gasteiger partial charge in [-0.3, -0.25) is 9.69 Å². The minimum Gasteiger partial charge on any atom is -0.389 e. The van der Waals surface area contributed by atoms with Crippen molar-refractivity contribution in [1.82, 2.24) is 9.80 Å². The van der Waals surface area contributed by atoms with Crippen LogP contribution in [-0.4, -0.2) is 59.1 Å². The van der Waals surface area contributed by atoms with Gasteiger partial charge in [0, 0.05) is 37.7 Å². The Balaban J connectivity index is 1.85. The number of halogens is 1. The summed E-state index contributed by atoms with van der Waals surface area (Å²) in [4.78, 5) is 16.4. The Bertz CT molecular complexity index is 491. The van der Waals surface area contributed by atoms with Crippen LogP contribution in [-0.2, 0) is 11.2 Å². The second kappa shape index (κ2) is 6.77. The van der Waals surface area contributed by atoms with Crippen LogP contribution in [0, 0.1) is 0 Å². The molecule has 0 bridgehead atoms. The molecule has 1 aromatic carbocycles. The van der Waals surface area contributed by atoms with Gasteiger partial charge in [0.15, 0.2) is 0 Å². The third-order valence-electron chi connectivity index (χ3n) is 3.64. The van der Waals surface area contributed by atoms with Gasteiger partial charge in [0.25, 0.3) is 0 Å². The van der Waals surface area contributed by atoms with Crippen molar-refractivity contribution >= 4 is 17.5 Å². The summed E-state index contributed by atoms with van der Waals surface area (Å²) in [6, 6.07) is 7.47. The molecule has 0 saturated carbocycles. The highest BCUT2D eigenvalue weighted by Crippen LogP contribution is 2.17. The molecule has 0 aliphatic carbocycles. The van der Waals surface area contributed by atoms with Crippen molar-refractivity contribution in [3.05, 3.63) is 34.9 Å². The van der Waals surface area contributed by atoms with E-state index in [-0.39, 0.29) is 5.91 Å². The summed E-state index contributed by atoms with van der Waals surface area (Å²) in [7, 11) is 0. The van der Waals surface area contributed by atoms with Crippen LogP contribution in [0.5, 0.6) is 0 Å². The van der Waals surface area contributed by atoms with Crippen molar-refractivity contribution in [3.8, 4) is 0 Å². The lowest BCUT2D eigenvalue weighted by Gasteiger charge is -2.37. The molecule has 2 rings (SSSR count). The smallest absolute Gasteiger partial charge is 0.227 e. The Labute approximate surface area is 131 Å². The van der Waals surface area contributed by atoms with Crippen molar-refractivity contribution < 1.29 is 9.90 Å². The van der Waals surface area contributed by atoms with Crippen molar-refractivity contribution in [3.63, 3.8) is 0 Å². The van der Waals surface area contributed by atoms with Crippen molar-refractivity contribution in [1.29, 1.82) is 0 Å². The Hall–Kier alpha value is -1.10. The lowest BCUT2D eigenvalue weighted by Crippen LogP contribution is -2.52. The number of carbonyl (C=O) groups excluding carboxylic acids is 1. The number of benzene rings is 1. The van der Waals surface area contributed by atoms with Crippen LogP contribution in [0.1, 0.15) is 19.4 Å². The number of rotatable bonds is 4. The van der Waals surface area contributed by atoms with Gasteiger partial charge in [-0.25, -0.2) is 0 Å². The standard InChI is InChI=1S/C16H23ClN2O2/c1-16(2,21)12-18-7-9-19(10-8-18)15(20)11-13-5-3-4-6-14(13)17/h3-6,21H,7-12H2,1-2H3. The van der Waals surface area contributed by atoms with Gasteiger partial charge < -0.3 is 10.0 Å². The lowest BCUT2D eigenvalue weighted by atomic mass is 10.1. The maximum Gasteiger partial charge on any atom is 0.227 e. The van der Waals surface area contributed by atoms with Crippen LogP contribution < -0.4 is 0 Å². The number of hydrogen-bond donors (Lipinski definition) is 1. The summed E-state index contributed by atoms with van der Waals surface area (Å²) in [5.74, 6) is 0.117. The van der Waals surface area contributed by atoms with E-state index in [1.807, 2.05) is 43.0 Å². The van der Waals surface area contributed by atoms with Crippen LogP contribution in [0.25, 0.3) is 0 Å². The molecule has 1 aliphatic heterocycles. The van der Waals surface area contributed by atoms with E-state index in [4.69, 9.17) is 11.6 Å². The summed E-state index contributed by atoms with van der Waals surface area (Å²) in [5, 5.41) is 10.5. The molecule has 1 aliphatic rings. The zero-order chi connectivity index (χ0) is 15.5. The molecular formula is C16H23ClN2O2. The zero-order valence-corrected chi connectivity index (χ0v) is 13.4. The van der Waals surface area contributed by atoms with Gasteiger partial charge in [0.05, 0.1) is 12.0 Å². The maximum absolute atomic E-state index is 12.3. The molecule has 1 fully saturated rings. The molecule has 1 saturated heterocycles. The normalized spacial score (nSPS) is 17.0. The summed E-state index contributed by atoms with van der Waals surface area (Å²) in [6.07, 6.45) is 0.352. The first kappa shape index (κ1) is 16.3. The first-order valence-electron chi connectivity index (χ1n) is 7.31. The molecule has 0 aromatic heterocycles. The van der Waals surface area contributed by atoms with E-state index in [9.17, 15) is 9.90 Å². The van der Waals surface area contributed by atoms with Crippen LogP contribution in [0.15, 0.2) is 24.3 Å². The summed E-state index contributed by atoms with van der Waals surface area (Å²) < 4.78 is 0. The summed E-state index contributed by atoms with van der Waals surface area (Å²) in [6.45, 7) is 7.28. The molecule has 5 heteroatoms. The number of piperazine rings is 1. The molecule has 1 aromatic rings. The largest absolute Gasteiger partial charge is 0.389 e. The van der Waals surface area contributed by atoms with E-state index in [0.717, 1.165) is 18.7 Å². The van der Waals surface area contributed by atoms with E-state index >= 15 is 0 Å². The number of nitrogens with zero attached hydrogens (tertiary/aromatic N) is 2. The summed E-state index contributed by atoms with van der Waals surface area (Å²) in [5.41, 5.74) is 0.187. The van der Waals surface area contributed by atoms with Crippen molar-refractivity contribution in [2.24, 2.45) is 0 Å². The van der Waals surface area contributed by atoms with Gasteiger partial charge >= 0.3 is 0 Å². The van der Waals surface area contributed by atoms with Gasteiger partial charge in [0.1, 0.15) is 0 Å². The Morgan fingerprint density at radius 3 is 2.43 bits per heavy atom. The molecule has 0 atom stereocenters. The highest BCUT2D eigenvalue weighted by molar-refractivity contribution is 6.31. The molecule has 116 valence electrons. The predicted molar refractivity (Wildman–Crippen MR) is 84.5 cm³/mol. The van der Waals surface area contributed by atoms with Crippen LogP contribution >= 0.6 is 11.6 Å². The van der Waals surface area contributed by atoms with Crippen LogP contribution in [0.4, 0.5) is 0 Å². The molecule has 4 nitrogen and oxygen atoms in total. The Morgan fingerprint density at radius 1 is 1.24 bits per heavy atom. The topological polar surface area (TPSA) is 43.8 Å². The second-order valence-electron chi connectivity index (χ2n) is 6.24. The number of hydrogen-bond acceptors (Lipinski definition) is 3. The minimum absolute atomic E-state index is 0.117. The van der Waals surface area contributed by atoms with Crippen molar-refractivity contribution in [2.45, 2.75) is 25.9 Å². The molecule has 1 heterocycles. The number of carbonyl (C=O) groups is 1. The quantitative estimate of drug-likeness (QED) is 0.922. The zero-order valence-electron chi connectivity index (χ0n) is 12.7. The molecule has 1 amide bonds. The van der Waals surface area contributed by atoms with E-state index < -0.39 is 5.60 Å². The monoisotopic (exact) mass is 310 g/mol. The van der Waals surface area contributed by atoms with E-state index in [1.54, 1.807) is 0 Å². The fraction of sp³-hybridized carbons (Fsp3) is 0.562. The molecule has 1 N–H and O–H groups in total. The highest BCUT2D eigenvalue weighted by atomic mass is 35.5. The van der Waals surface area contributed by atoms with Crippen molar-refractivity contribution in [2.75, 3.05) is 32.7 Å². The summed E-state index contributed by atoms with van der Waals surface area (Å²) >= 11 is 6.10. The first-order chi connectivity index (χ1) is 9.85. The Morgan fingerprint density at radius 2 is 1.86 bits per heavy atom.